The van der Waals surface area contributed by atoms with Crippen molar-refractivity contribution in [1.82, 2.24) is 10.3 Å². The fraction of sp³-hybridized carbons (Fsp3) is 0.615. The molecule has 1 aliphatic carbocycles. The first-order valence-electron chi connectivity index (χ1n) is 5.89. The van der Waals surface area contributed by atoms with Crippen molar-refractivity contribution < 1.29 is 0 Å². The molecule has 1 unspecified atom stereocenters. The average molecular weight is 204 g/mol. The van der Waals surface area contributed by atoms with E-state index in [1.165, 1.54) is 18.4 Å². The highest BCUT2D eigenvalue weighted by molar-refractivity contribution is 5.11. The fourth-order valence-electron chi connectivity index (χ4n) is 2.37. The molecule has 1 N–H and O–H groups in total. The molecule has 1 atom stereocenters. The lowest BCUT2D eigenvalue weighted by molar-refractivity contribution is 0.225. The minimum absolute atomic E-state index is 0.574. The first-order valence-corrected chi connectivity index (χ1v) is 5.89. The van der Waals surface area contributed by atoms with Gasteiger partial charge in [-0.05, 0) is 49.8 Å². The minimum Gasteiger partial charge on any atom is -0.311 e. The van der Waals surface area contributed by atoms with Crippen LogP contribution in [0.5, 0.6) is 0 Å². The molecule has 82 valence electrons. The third kappa shape index (κ3) is 3.03. The van der Waals surface area contributed by atoms with Gasteiger partial charge in [-0.3, -0.25) is 4.98 Å². The standard InChI is InChI=1S/C13H20N2/c1-10-7-13(8-10)15-11(2)9-12-3-5-14-6-4-12/h3-6,10-11,13,15H,7-9H2,1-2H3. The first kappa shape index (κ1) is 10.6. The molecule has 1 aromatic rings. The molecule has 1 aromatic heterocycles. The van der Waals surface area contributed by atoms with E-state index in [0.717, 1.165) is 18.4 Å². The second-order valence-electron chi connectivity index (χ2n) is 4.90. The van der Waals surface area contributed by atoms with Gasteiger partial charge in [0.15, 0.2) is 0 Å². The quantitative estimate of drug-likeness (QED) is 0.814. The minimum atomic E-state index is 0.574. The van der Waals surface area contributed by atoms with Gasteiger partial charge in [-0.2, -0.15) is 0 Å². The molecule has 0 bridgehead atoms. The van der Waals surface area contributed by atoms with Crippen molar-refractivity contribution in [3.63, 3.8) is 0 Å². The van der Waals surface area contributed by atoms with Gasteiger partial charge in [0.1, 0.15) is 0 Å². The number of aromatic nitrogens is 1. The van der Waals surface area contributed by atoms with Crippen LogP contribution >= 0.6 is 0 Å². The van der Waals surface area contributed by atoms with Crippen LogP contribution in [0.1, 0.15) is 32.3 Å². The van der Waals surface area contributed by atoms with E-state index in [2.05, 4.69) is 36.3 Å². The highest BCUT2D eigenvalue weighted by atomic mass is 15.0. The van der Waals surface area contributed by atoms with E-state index in [9.17, 15) is 0 Å². The predicted molar refractivity (Wildman–Crippen MR) is 62.7 cm³/mol. The van der Waals surface area contributed by atoms with E-state index < -0.39 is 0 Å². The predicted octanol–water partition coefficient (Wildman–Crippen LogP) is 2.40. The SMILES string of the molecule is CC1CC(NC(C)Cc2ccncc2)C1. The molecule has 0 saturated heterocycles. The molecular weight excluding hydrogens is 184 g/mol. The molecule has 1 heterocycles. The van der Waals surface area contributed by atoms with Crippen molar-refractivity contribution in [2.24, 2.45) is 5.92 Å². The zero-order valence-electron chi connectivity index (χ0n) is 9.61. The summed E-state index contributed by atoms with van der Waals surface area (Å²) >= 11 is 0. The van der Waals surface area contributed by atoms with Gasteiger partial charge in [0.25, 0.3) is 0 Å². The summed E-state index contributed by atoms with van der Waals surface area (Å²) in [6.07, 6.45) is 7.54. The molecule has 15 heavy (non-hydrogen) atoms. The number of rotatable bonds is 4. The maximum Gasteiger partial charge on any atom is 0.0270 e. The molecule has 1 saturated carbocycles. The summed E-state index contributed by atoms with van der Waals surface area (Å²) in [5.74, 6) is 0.927. The van der Waals surface area contributed by atoms with E-state index in [-0.39, 0.29) is 0 Å². The Morgan fingerprint density at radius 2 is 2.07 bits per heavy atom. The summed E-state index contributed by atoms with van der Waals surface area (Å²) in [7, 11) is 0. The summed E-state index contributed by atoms with van der Waals surface area (Å²) in [6, 6.07) is 5.53. The lowest BCUT2D eigenvalue weighted by atomic mass is 9.81. The van der Waals surface area contributed by atoms with E-state index in [1.807, 2.05) is 12.4 Å². The van der Waals surface area contributed by atoms with Crippen LogP contribution in [-0.2, 0) is 6.42 Å². The van der Waals surface area contributed by atoms with Crippen LogP contribution in [0.15, 0.2) is 24.5 Å². The topological polar surface area (TPSA) is 24.9 Å². The Hall–Kier alpha value is -0.890. The van der Waals surface area contributed by atoms with Crippen LogP contribution in [0, 0.1) is 5.92 Å². The number of hydrogen-bond donors (Lipinski definition) is 1. The fourth-order valence-corrected chi connectivity index (χ4v) is 2.37. The van der Waals surface area contributed by atoms with Gasteiger partial charge in [0.2, 0.25) is 0 Å². The van der Waals surface area contributed by atoms with Gasteiger partial charge in [0.05, 0.1) is 0 Å². The molecule has 0 spiro atoms. The molecule has 0 radical (unpaired) electrons. The van der Waals surface area contributed by atoms with Crippen molar-refractivity contribution >= 4 is 0 Å². The molecule has 0 aliphatic heterocycles. The van der Waals surface area contributed by atoms with Gasteiger partial charge in [-0.15, -0.1) is 0 Å². The van der Waals surface area contributed by atoms with Gasteiger partial charge < -0.3 is 5.32 Å². The van der Waals surface area contributed by atoms with Crippen LogP contribution in [0.25, 0.3) is 0 Å². The van der Waals surface area contributed by atoms with Crippen molar-refractivity contribution in [3.05, 3.63) is 30.1 Å². The molecule has 2 nitrogen and oxygen atoms in total. The second kappa shape index (κ2) is 4.75. The van der Waals surface area contributed by atoms with Crippen molar-refractivity contribution in [3.8, 4) is 0 Å². The van der Waals surface area contributed by atoms with Crippen molar-refractivity contribution in [2.45, 2.75) is 45.2 Å². The van der Waals surface area contributed by atoms with Crippen LogP contribution < -0.4 is 5.32 Å². The normalized spacial score (nSPS) is 27.1. The second-order valence-corrected chi connectivity index (χ2v) is 4.90. The van der Waals surface area contributed by atoms with Gasteiger partial charge in [0, 0.05) is 24.5 Å². The third-order valence-corrected chi connectivity index (χ3v) is 3.19. The highest BCUT2D eigenvalue weighted by Crippen LogP contribution is 2.26. The van der Waals surface area contributed by atoms with Gasteiger partial charge in [-0.25, -0.2) is 0 Å². The Morgan fingerprint density at radius 1 is 1.40 bits per heavy atom. The number of nitrogens with one attached hydrogen (secondary N) is 1. The van der Waals surface area contributed by atoms with Crippen LogP contribution in [0.2, 0.25) is 0 Å². The molecule has 1 aliphatic rings. The Bertz CT molecular complexity index is 291. The maximum atomic E-state index is 4.03. The molecule has 1 fully saturated rings. The zero-order valence-corrected chi connectivity index (χ0v) is 9.61. The summed E-state index contributed by atoms with van der Waals surface area (Å²) < 4.78 is 0. The molecule has 0 amide bonds. The van der Waals surface area contributed by atoms with E-state index in [4.69, 9.17) is 0 Å². The first-order chi connectivity index (χ1) is 7.24. The maximum absolute atomic E-state index is 4.03. The lowest BCUT2D eigenvalue weighted by Crippen LogP contribution is -2.45. The zero-order chi connectivity index (χ0) is 10.7. The van der Waals surface area contributed by atoms with Gasteiger partial charge in [-0.1, -0.05) is 6.92 Å². The van der Waals surface area contributed by atoms with Crippen molar-refractivity contribution in [1.29, 1.82) is 0 Å². The van der Waals surface area contributed by atoms with Crippen LogP contribution in [0.3, 0.4) is 0 Å². The highest BCUT2D eigenvalue weighted by Gasteiger charge is 2.25. The Kier molecular flexibility index (Phi) is 3.37. The van der Waals surface area contributed by atoms with E-state index >= 15 is 0 Å². The lowest BCUT2D eigenvalue weighted by Gasteiger charge is -2.35. The van der Waals surface area contributed by atoms with E-state index in [0.29, 0.717) is 6.04 Å². The largest absolute Gasteiger partial charge is 0.311 e. The summed E-state index contributed by atoms with van der Waals surface area (Å²) in [5.41, 5.74) is 1.37. The summed E-state index contributed by atoms with van der Waals surface area (Å²) in [4.78, 5) is 4.03. The number of hydrogen-bond acceptors (Lipinski definition) is 2. The summed E-state index contributed by atoms with van der Waals surface area (Å²) in [6.45, 7) is 4.59. The number of nitrogens with zero attached hydrogens (tertiary/aromatic N) is 1. The average Bonchev–Trinajstić information content (AvgIpc) is 2.17. The smallest absolute Gasteiger partial charge is 0.0270 e. The summed E-state index contributed by atoms with van der Waals surface area (Å²) in [5, 5.41) is 3.67. The Labute approximate surface area is 92.1 Å². The number of pyridine rings is 1. The monoisotopic (exact) mass is 204 g/mol. The molecule has 2 rings (SSSR count). The van der Waals surface area contributed by atoms with Crippen LogP contribution in [-0.4, -0.2) is 17.1 Å². The van der Waals surface area contributed by atoms with E-state index in [1.54, 1.807) is 0 Å². The molecular formula is C13H20N2. The molecule has 0 aromatic carbocycles. The Balaban J connectivity index is 1.75. The Morgan fingerprint density at radius 3 is 2.67 bits per heavy atom. The molecule has 2 heteroatoms. The third-order valence-electron chi connectivity index (χ3n) is 3.19. The van der Waals surface area contributed by atoms with Gasteiger partial charge >= 0.3 is 0 Å². The van der Waals surface area contributed by atoms with Crippen molar-refractivity contribution in [2.75, 3.05) is 0 Å². The van der Waals surface area contributed by atoms with Crippen LogP contribution in [0.4, 0.5) is 0 Å².